The Hall–Kier alpha value is -2.94. The molecule has 134 valence electrons. The third kappa shape index (κ3) is 5.04. The highest BCUT2D eigenvalue weighted by molar-refractivity contribution is 7.93. The number of benzene rings is 2. The first kappa shape index (κ1) is 18.8. The van der Waals surface area contributed by atoms with Crippen LogP contribution >= 0.6 is 11.6 Å². The van der Waals surface area contributed by atoms with Crippen LogP contribution in [0.25, 0.3) is 0 Å². The molecule has 1 aromatic heterocycles. The Kier molecular flexibility index (Phi) is 5.70. The van der Waals surface area contributed by atoms with Crippen LogP contribution in [0.1, 0.15) is 21.5 Å². The van der Waals surface area contributed by atoms with Gasteiger partial charge >= 0.3 is 0 Å². The van der Waals surface area contributed by atoms with Gasteiger partial charge in [-0.25, -0.2) is 4.21 Å². The van der Waals surface area contributed by atoms with Crippen molar-refractivity contribution in [1.82, 2.24) is 4.98 Å². The molecule has 0 N–H and O–H groups in total. The van der Waals surface area contributed by atoms with E-state index in [4.69, 9.17) is 11.6 Å². The zero-order valence-corrected chi connectivity index (χ0v) is 16.0. The minimum absolute atomic E-state index is 0.239. The van der Waals surface area contributed by atoms with E-state index in [9.17, 15) is 9.00 Å². The molecule has 0 fully saturated rings. The predicted molar refractivity (Wildman–Crippen MR) is 107 cm³/mol. The van der Waals surface area contributed by atoms with Gasteiger partial charge in [0.05, 0.1) is 15.3 Å². The Bertz CT molecular complexity index is 1150. The first-order valence-corrected chi connectivity index (χ1v) is 10.3. The molecule has 0 saturated carbocycles. The van der Waals surface area contributed by atoms with E-state index in [-0.39, 0.29) is 5.56 Å². The third-order valence-electron chi connectivity index (χ3n) is 3.62. The standard InChI is InChI=1S/C21H15ClN2O2S/c1-27(26,20-5-3-2-4-6-20)24-21(25)18-13-17(14-23-15-18)8-7-16-9-11-19(22)12-10-16/h2-6,9-15H,1H3/t27-/m1/s1. The van der Waals surface area contributed by atoms with Gasteiger partial charge in [-0.15, -0.1) is 0 Å². The Balaban J connectivity index is 1.87. The molecule has 4 nitrogen and oxygen atoms in total. The summed E-state index contributed by atoms with van der Waals surface area (Å²) < 4.78 is 16.7. The van der Waals surface area contributed by atoms with E-state index in [1.165, 1.54) is 12.5 Å². The Morgan fingerprint density at radius 1 is 1.00 bits per heavy atom. The van der Waals surface area contributed by atoms with Crippen LogP contribution in [-0.4, -0.2) is 21.4 Å². The summed E-state index contributed by atoms with van der Waals surface area (Å²) in [6.07, 6.45) is 4.39. The van der Waals surface area contributed by atoms with Crippen molar-refractivity contribution >= 4 is 27.2 Å². The molecular weight excluding hydrogens is 380 g/mol. The highest BCUT2D eigenvalue weighted by Gasteiger charge is 2.11. The summed E-state index contributed by atoms with van der Waals surface area (Å²) in [5.41, 5.74) is 1.60. The van der Waals surface area contributed by atoms with Gasteiger partial charge < -0.3 is 0 Å². The zero-order chi connectivity index (χ0) is 19.3. The second-order valence-electron chi connectivity index (χ2n) is 5.73. The average Bonchev–Trinajstić information content (AvgIpc) is 2.68. The van der Waals surface area contributed by atoms with Gasteiger partial charge in [0.1, 0.15) is 0 Å². The van der Waals surface area contributed by atoms with E-state index in [2.05, 4.69) is 21.2 Å². The van der Waals surface area contributed by atoms with Crippen LogP contribution in [0.3, 0.4) is 0 Å². The molecule has 0 spiro atoms. The molecule has 0 bridgehead atoms. The molecule has 2 aromatic carbocycles. The topological polar surface area (TPSA) is 59.4 Å². The molecule has 1 amide bonds. The number of pyridine rings is 1. The first-order chi connectivity index (χ1) is 12.9. The highest BCUT2D eigenvalue weighted by Crippen LogP contribution is 2.13. The van der Waals surface area contributed by atoms with Crippen LogP contribution in [0.2, 0.25) is 5.02 Å². The summed E-state index contributed by atoms with van der Waals surface area (Å²) in [5, 5.41) is 0.637. The van der Waals surface area contributed by atoms with Crippen LogP contribution in [0.15, 0.2) is 82.3 Å². The summed E-state index contributed by atoms with van der Waals surface area (Å²) in [4.78, 5) is 17.0. The lowest BCUT2D eigenvalue weighted by atomic mass is 10.2. The van der Waals surface area contributed by atoms with E-state index in [0.29, 0.717) is 15.5 Å². The molecule has 0 aliphatic carbocycles. The maximum absolute atomic E-state index is 12.7. The molecule has 1 heterocycles. The smallest absolute Gasteiger partial charge is 0.266 e. The fourth-order valence-electron chi connectivity index (χ4n) is 2.24. The summed E-state index contributed by atoms with van der Waals surface area (Å²) >= 11 is 5.85. The number of halogens is 1. The zero-order valence-electron chi connectivity index (χ0n) is 14.4. The molecule has 27 heavy (non-hydrogen) atoms. The third-order valence-corrected chi connectivity index (χ3v) is 5.53. The summed E-state index contributed by atoms with van der Waals surface area (Å²) in [6.45, 7) is 0. The number of aromatic nitrogens is 1. The quantitative estimate of drug-likeness (QED) is 0.604. The summed E-state index contributed by atoms with van der Waals surface area (Å²) in [5.74, 6) is 5.34. The van der Waals surface area contributed by atoms with Crippen molar-refractivity contribution in [2.75, 3.05) is 6.26 Å². The van der Waals surface area contributed by atoms with Gasteiger partial charge in [0.2, 0.25) is 0 Å². The van der Waals surface area contributed by atoms with E-state index in [1.54, 1.807) is 60.8 Å². The van der Waals surface area contributed by atoms with Crippen molar-refractivity contribution in [3.8, 4) is 11.8 Å². The van der Waals surface area contributed by atoms with Gasteiger partial charge in [0.25, 0.3) is 5.91 Å². The lowest BCUT2D eigenvalue weighted by Gasteiger charge is -2.03. The molecule has 0 unspecified atom stereocenters. The Morgan fingerprint density at radius 2 is 1.67 bits per heavy atom. The molecule has 3 aromatic rings. The van der Waals surface area contributed by atoms with Gasteiger partial charge in [-0.2, -0.15) is 4.36 Å². The van der Waals surface area contributed by atoms with Crippen LogP contribution in [-0.2, 0) is 9.73 Å². The van der Waals surface area contributed by atoms with Gasteiger partial charge in [-0.1, -0.05) is 41.6 Å². The molecule has 0 aliphatic rings. The molecule has 0 radical (unpaired) electrons. The van der Waals surface area contributed by atoms with Gasteiger partial charge in [0, 0.05) is 39.7 Å². The highest BCUT2D eigenvalue weighted by atomic mass is 35.5. The predicted octanol–water partition coefficient (Wildman–Crippen LogP) is 4.43. The number of hydrogen-bond acceptors (Lipinski definition) is 3. The minimum Gasteiger partial charge on any atom is -0.266 e. The molecule has 0 saturated heterocycles. The number of carbonyl (C=O) groups excluding carboxylic acids is 1. The molecule has 1 atom stereocenters. The number of carbonyl (C=O) groups is 1. The Morgan fingerprint density at radius 3 is 2.37 bits per heavy atom. The van der Waals surface area contributed by atoms with E-state index in [0.717, 1.165) is 5.56 Å². The van der Waals surface area contributed by atoms with Crippen molar-refractivity contribution in [2.24, 2.45) is 4.36 Å². The SMILES string of the molecule is C[S@](=O)(=NC(=O)c1cncc(C#Cc2ccc(Cl)cc2)c1)c1ccccc1. The maximum atomic E-state index is 12.7. The van der Waals surface area contributed by atoms with Crippen molar-refractivity contribution in [1.29, 1.82) is 0 Å². The number of nitrogens with zero attached hydrogens (tertiary/aromatic N) is 2. The van der Waals surface area contributed by atoms with E-state index >= 15 is 0 Å². The van der Waals surface area contributed by atoms with E-state index in [1.807, 2.05) is 6.07 Å². The number of rotatable bonds is 2. The van der Waals surface area contributed by atoms with Crippen molar-refractivity contribution in [3.05, 3.63) is 94.8 Å². The molecule has 0 aliphatic heterocycles. The summed E-state index contributed by atoms with van der Waals surface area (Å²) in [6, 6.07) is 17.4. The summed E-state index contributed by atoms with van der Waals surface area (Å²) in [7, 11) is -2.83. The van der Waals surface area contributed by atoms with Crippen LogP contribution in [0.5, 0.6) is 0 Å². The molecular formula is C21H15ClN2O2S. The van der Waals surface area contributed by atoms with Crippen LogP contribution < -0.4 is 0 Å². The average molecular weight is 395 g/mol. The van der Waals surface area contributed by atoms with Crippen molar-refractivity contribution in [2.45, 2.75) is 4.90 Å². The second-order valence-corrected chi connectivity index (χ2v) is 8.43. The van der Waals surface area contributed by atoms with Gasteiger partial charge in [0.15, 0.2) is 0 Å². The van der Waals surface area contributed by atoms with Crippen LogP contribution in [0, 0.1) is 11.8 Å². The lowest BCUT2D eigenvalue weighted by Crippen LogP contribution is -2.04. The molecule has 6 heteroatoms. The van der Waals surface area contributed by atoms with Crippen molar-refractivity contribution < 1.29 is 9.00 Å². The largest absolute Gasteiger partial charge is 0.286 e. The van der Waals surface area contributed by atoms with Gasteiger partial charge in [-0.05, 0) is 42.5 Å². The number of hydrogen-bond donors (Lipinski definition) is 0. The Labute approximate surface area is 163 Å². The number of amides is 1. The second kappa shape index (κ2) is 8.17. The lowest BCUT2D eigenvalue weighted by molar-refractivity contribution is 0.100. The van der Waals surface area contributed by atoms with Crippen LogP contribution in [0.4, 0.5) is 0 Å². The minimum atomic E-state index is -2.83. The fraction of sp³-hybridized carbons (Fsp3) is 0.0476. The maximum Gasteiger partial charge on any atom is 0.286 e. The first-order valence-electron chi connectivity index (χ1n) is 7.98. The fourth-order valence-corrected chi connectivity index (χ4v) is 3.55. The molecule has 3 rings (SSSR count). The van der Waals surface area contributed by atoms with E-state index < -0.39 is 15.6 Å². The van der Waals surface area contributed by atoms with Crippen molar-refractivity contribution in [3.63, 3.8) is 0 Å². The monoisotopic (exact) mass is 394 g/mol. The normalized spacial score (nSPS) is 12.4. The van der Waals surface area contributed by atoms with Gasteiger partial charge in [-0.3, -0.25) is 9.78 Å².